The number of halogens is 1. The highest BCUT2D eigenvalue weighted by atomic mass is 19.1. The van der Waals surface area contributed by atoms with Crippen LogP contribution in [0.15, 0.2) is 42.9 Å². The minimum Gasteiger partial charge on any atom is -0.491 e. The van der Waals surface area contributed by atoms with Gasteiger partial charge in [-0.05, 0) is 30.3 Å². The number of aliphatic hydroxyl groups is 1. The smallest absolute Gasteiger partial charge is 0.123 e. The molecule has 6 heteroatoms. The van der Waals surface area contributed by atoms with Gasteiger partial charge >= 0.3 is 0 Å². The van der Waals surface area contributed by atoms with E-state index in [0.717, 1.165) is 5.69 Å². The molecule has 1 atom stereocenters. The van der Waals surface area contributed by atoms with Crippen molar-refractivity contribution in [1.29, 1.82) is 0 Å². The summed E-state index contributed by atoms with van der Waals surface area (Å²) in [6.45, 7) is 1.07. The highest BCUT2D eigenvalue weighted by molar-refractivity contribution is 5.22. The van der Waals surface area contributed by atoms with Gasteiger partial charge in [0.05, 0.1) is 5.69 Å². The number of aliphatic hydroxyl groups excluding tert-OH is 1. The summed E-state index contributed by atoms with van der Waals surface area (Å²) in [5.74, 6) is 0.214. The topological polar surface area (TPSA) is 67.3 Å². The number of hydrogen-bond donors (Lipinski definition) is 2. The molecular weight excluding hydrogens is 261 g/mol. The van der Waals surface area contributed by atoms with Crippen LogP contribution >= 0.6 is 0 Å². The third-order valence-corrected chi connectivity index (χ3v) is 2.59. The Labute approximate surface area is 116 Å². The molecule has 0 fully saturated rings. The molecule has 0 spiro atoms. The molecule has 0 radical (unpaired) electrons. The molecule has 0 aliphatic heterocycles. The molecule has 5 nitrogen and oxygen atoms in total. The Kier molecular flexibility index (Phi) is 5.40. The predicted molar refractivity (Wildman–Crippen MR) is 71.6 cm³/mol. The summed E-state index contributed by atoms with van der Waals surface area (Å²) in [4.78, 5) is 7.88. The Bertz CT molecular complexity index is 508. The van der Waals surface area contributed by atoms with Gasteiger partial charge in [0.2, 0.25) is 0 Å². The standard InChI is InChI=1S/C14H16FN3O2/c15-11-1-3-14(4-2-11)20-9-13(19)8-17-7-12-5-6-16-10-18-12/h1-6,10,13,17,19H,7-9H2. The molecule has 0 bridgehead atoms. The molecule has 2 aromatic rings. The van der Waals surface area contributed by atoms with E-state index in [1.165, 1.54) is 30.6 Å². The number of benzene rings is 1. The largest absolute Gasteiger partial charge is 0.491 e. The van der Waals surface area contributed by atoms with Crippen LogP contribution in [0.4, 0.5) is 4.39 Å². The second-order valence-corrected chi connectivity index (χ2v) is 4.25. The zero-order chi connectivity index (χ0) is 14.2. The summed E-state index contributed by atoms with van der Waals surface area (Å²) >= 11 is 0. The second kappa shape index (κ2) is 7.52. The Morgan fingerprint density at radius 1 is 1.25 bits per heavy atom. The average Bonchev–Trinajstić information content (AvgIpc) is 2.48. The van der Waals surface area contributed by atoms with Gasteiger partial charge in [0.15, 0.2) is 0 Å². The van der Waals surface area contributed by atoms with Crippen molar-refractivity contribution in [3.8, 4) is 5.75 Å². The van der Waals surface area contributed by atoms with E-state index in [4.69, 9.17) is 4.74 Å². The van der Waals surface area contributed by atoms with Crippen LogP contribution in [0.25, 0.3) is 0 Å². The first-order valence-corrected chi connectivity index (χ1v) is 6.26. The molecule has 20 heavy (non-hydrogen) atoms. The number of rotatable bonds is 7. The van der Waals surface area contributed by atoms with Crippen molar-refractivity contribution in [2.75, 3.05) is 13.2 Å². The fraction of sp³-hybridized carbons (Fsp3) is 0.286. The molecule has 106 valence electrons. The van der Waals surface area contributed by atoms with Crippen LogP contribution in [0, 0.1) is 5.82 Å². The first kappa shape index (κ1) is 14.4. The molecule has 0 saturated carbocycles. The molecule has 2 N–H and O–H groups in total. The molecule has 0 aliphatic carbocycles. The second-order valence-electron chi connectivity index (χ2n) is 4.25. The third kappa shape index (κ3) is 4.91. The Balaban J connectivity index is 1.65. The maximum absolute atomic E-state index is 12.7. The minimum atomic E-state index is -0.651. The lowest BCUT2D eigenvalue weighted by molar-refractivity contribution is 0.106. The summed E-state index contributed by atoms with van der Waals surface area (Å²) < 4.78 is 18.0. The molecule has 0 aliphatic rings. The molecule has 1 heterocycles. The first-order chi connectivity index (χ1) is 9.74. The van der Waals surface area contributed by atoms with E-state index in [0.29, 0.717) is 18.8 Å². The normalized spacial score (nSPS) is 12.1. The third-order valence-electron chi connectivity index (χ3n) is 2.59. The lowest BCUT2D eigenvalue weighted by Gasteiger charge is -2.13. The number of nitrogens with zero attached hydrogens (tertiary/aromatic N) is 2. The van der Waals surface area contributed by atoms with Gasteiger partial charge in [-0.15, -0.1) is 0 Å². The Morgan fingerprint density at radius 2 is 2.05 bits per heavy atom. The fourth-order valence-corrected chi connectivity index (χ4v) is 1.57. The van der Waals surface area contributed by atoms with Crippen molar-refractivity contribution in [2.45, 2.75) is 12.6 Å². The van der Waals surface area contributed by atoms with Crippen LogP contribution in [-0.2, 0) is 6.54 Å². The number of aromatic nitrogens is 2. The van der Waals surface area contributed by atoms with Gasteiger partial charge in [0, 0.05) is 19.3 Å². The van der Waals surface area contributed by atoms with Crippen molar-refractivity contribution >= 4 is 0 Å². The Morgan fingerprint density at radius 3 is 2.75 bits per heavy atom. The van der Waals surface area contributed by atoms with Crippen LogP contribution in [0.1, 0.15) is 5.69 Å². The fourth-order valence-electron chi connectivity index (χ4n) is 1.57. The first-order valence-electron chi connectivity index (χ1n) is 6.26. The quantitative estimate of drug-likeness (QED) is 0.794. The molecular formula is C14H16FN3O2. The van der Waals surface area contributed by atoms with E-state index in [2.05, 4.69) is 15.3 Å². The van der Waals surface area contributed by atoms with E-state index < -0.39 is 6.10 Å². The van der Waals surface area contributed by atoms with E-state index in [9.17, 15) is 9.50 Å². The van der Waals surface area contributed by atoms with Gasteiger partial charge < -0.3 is 15.2 Å². The van der Waals surface area contributed by atoms with Crippen LogP contribution in [0.5, 0.6) is 5.75 Å². The summed E-state index contributed by atoms with van der Waals surface area (Å²) in [7, 11) is 0. The molecule has 1 aromatic carbocycles. The number of hydrogen-bond acceptors (Lipinski definition) is 5. The molecule has 2 rings (SSSR count). The van der Waals surface area contributed by atoms with Gasteiger partial charge in [-0.3, -0.25) is 0 Å². The van der Waals surface area contributed by atoms with Crippen LogP contribution < -0.4 is 10.1 Å². The number of ether oxygens (including phenoxy) is 1. The highest BCUT2D eigenvalue weighted by Gasteiger charge is 2.05. The van der Waals surface area contributed by atoms with Crippen LogP contribution in [0.2, 0.25) is 0 Å². The lowest BCUT2D eigenvalue weighted by atomic mass is 10.3. The summed E-state index contributed by atoms with van der Waals surface area (Å²) in [6, 6.07) is 7.48. The van der Waals surface area contributed by atoms with Crippen molar-refractivity contribution in [3.63, 3.8) is 0 Å². The maximum atomic E-state index is 12.7. The van der Waals surface area contributed by atoms with Crippen LogP contribution in [0.3, 0.4) is 0 Å². The summed E-state index contributed by atoms with van der Waals surface area (Å²) in [5, 5.41) is 12.8. The maximum Gasteiger partial charge on any atom is 0.123 e. The van der Waals surface area contributed by atoms with Crippen LogP contribution in [-0.4, -0.2) is 34.3 Å². The summed E-state index contributed by atoms with van der Waals surface area (Å²) in [6.07, 6.45) is 2.49. The molecule has 0 amide bonds. The van der Waals surface area contributed by atoms with Gasteiger partial charge in [-0.1, -0.05) is 0 Å². The van der Waals surface area contributed by atoms with Crippen molar-refractivity contribution in [1.82, 2.24) is 15.3 Å². The van der Waals surface area contributed by atoms with Gasteiger partial charge in [0.1, 0.15) is 30.6 Å². The minimum absolute atomic E-state index is 0.141. The van der Waals surface area contributed by atoms with E-state index >= 15 is 0 Å². The van der Waals surface area contributed by atoms with Crippen molar-refractivity contribution in [3.05, 3.63) is 54.4 Å². The average molecular weight is 277 g/mol. The molecule has 1 aromatic heterocycles. The lowest BCUT2D eigenvalue weighted by Crippen LogP contribution is -2.31. The molecule has 1 unspecified atom stereocenters. The SMILES string of the molecule is OC(CNCc1ccncn1)COc1ccc(F)cc1. The van der Waals surface area contributed by atoms with Gasteiger partial charge in [0.25, 0.3) is 0 Å². The Hall–Kier alpha value is -2.05. The number of nitrogens with one attached hydrogen (secondary N) is 1. The highest BCUT2D eigenvalue weighted by Crippen LogP contribution is 2.11. The zero-order valence-electron chi connectivity index (χ0n) is 10.9. The van der Waals surface area contributed by atoms with Gasteiger partial charge in [-0.25, -0.2) is 14.4 Å². The van der Waals surface area contributed by atoms with E-state index in [1.807, 2.05) is 0 Å². The monoisotopic (exact) mass is 277 g/mol. The van der Waals surface area contributed by atoms with Gasteiger partial charge in [-0.2, -0.15) is 0 Å². The zero-order valence-corrected chi connectivity index (χ0v) is 10.9. The molecule has 0 saturated heterocycles. The van der Waals surface area contributed by atoms with Crippen molar-refractivity contribution < 1.29 is 14.2 Å². The van der Waals surface area contributed by atoms with E-state index in [-0.39, 0.29) is 12.4 Å². The van der Waals surface area contributed by atoms with Crippen molar-refractivity contribution in [2.24, 2.45) is 0 Å². The summed E-state index contributed by atoms with van der Waals surface area (Å²) in [5.41, 5.74) is 0.853. The predicted octanol–water partition coefficient (Wildman–Crippen LogP) is 1.15. The van der Waals surface area contributed by atoms with E-state index in [1.54, 1.807) is 12.3 Å².